The maximum atomic E-state index is 11.5. The van der Waals surface area contributed by atoms with E-state index in [1.807, 2.05) is 5.32 Å². The molecule has 84 valence electrons. The van der Waals surface area contributed by atoms with Crippen LogP contribution in [0.25, 0.3) is 0 Å². The van der Waals surface area contributed by atoms with E-state index in [1.165, 1.54) is 0 Å². The van der Waals surface area contributed by atoms with Crippen molar-refractivity contribution in [2.24, 2.45) is 5.92 Å². The number of carbonyl (C=O) groups is 2. The van der Waals surface area contributed by atoms with Gasteiger partial charge in [-0.3, -0.25) is 19.5 Å². The molecule has 1 saturated heterocycles. The van der Waals surface area contributed by atoms with Gasteiger partial charge in [-0.15, -0.1) is 0 Å². The van der Waals surface area contributed by atoms with Crippen molar-refractivity contribution in [3.8, 4) is 0 Å². The smallest absolute Gasteiger partial charge is 0.280 e. The minimum atomic E-state index is -4.54. The molecule has 2 aliphatic rings. The van der Waals surface area contributed by atoms with E-state index < -0.39 is 32.6 Å². The van der Waals surface area contributed by atoms with Gasteiger partial charge in [0.2, 0.25) is 5.91 Å². The molecule has 7 heteroatoms. The van der Waals surface area contributed by atoms with Gasteiger partial charge in [0, 0.05) is 0 Å². The lowest BCUT2D eigenvalue weighted by atomic mass is 9.80. The second-order valence-electron chi connectivity index (χ2n) is 3.98. The number of imide groups is 1. The summed E-state index contributed by atoms with van der Waals surface area (Å²) in [6, 6.07) is 0. The molecule has 0 aromatic carbocycles. The van der Waals surface area contributed by atoms with Crippen LogP contribution in [-0.2, 0) is 19.7 Å². The zero-order chi connectivity index (χ0) is 11.3. The fourth-order valence-electron chi connectivity index (χ4n) is 2.49. The molecule has 0 aromatic rings. The van der Waals surface area contributed by atoms with E-state index in [1.54, 1.807) is 0 Å². The SMILES string of the molecule is O=C1NC(=O)C2(S(=O)(=O)O)CCCCC12. The molecule has 2 rings (SSSR count). The summed E-state index contributed by atoms with van der Waals surface area (Å²) in [4.78, 5) is 22.9. The van der Waals surface area contributed by atoms with Gasteiger partial charge in [0.15, 0.2) is 4.75 Å². The second kappa shape index (κ2) is 3.02. The highest BCUT2D eigenvalue weighted by atomic mass is 32.2. The van der Waals surface area contributed by atoms with Gasteiger partial charge in [0.05, 0.1) is 5.92 Å². The molecule has 2 unspecified atom stereocenters. The lowest BCUT2D eigenvalue weighted by Gasteiger charge is -2.31. The monoisotopic (exact) mass is 233 g/mol. The van der Waals surface area contributed by atoms with E-state index in [9.17, 15) is 18.0 Å². The molecule has 0 radical (unpaired) electrons. The van der Waals surface area contributed by atoms with Crippen molar-refractivity contribution in [2.75, 3.05) is 0 Å². The maximum absolute atomic E-state index is 11.5. The zero-order valence-corrected chi connectivity index (χ0v) is 8.71. The number of hydrogen-bond acceptors (Lipinski definition) is 4. The predicted molar refractivity (Wildman–Crippen MR) is 49.4 cm³/mol. The van der Waals surface area contributed by atoms with E-state index in [0.717, 1.165) is 0 Å². The normalized spacial score (nSPS) is 36.2. The van der Waals surface area contributed by atoms with Gasteiger partial charge in [0.25, 0.3) is 16.0 Å². The first-order valence-corrected chi connectivity index (χ1v) is 6.16. The fourth-order valence-corrected chi connectivity index (χ4v) is 3.76. The standard InChI is InChI=1S/C8H11NO5S/c10-6-5-3-1-2-4-8(5,7(11)9-6)15(12,13)14/h5H,1-4H2,(H,9,10,11)(H,12,13,14). The molecular weight excluding hydrogens is 222 g/mol. The molecule has 0 spiro atoms. The van der Waals surface area contributed by atoms with Gasteiger partial charge in [0.1, 0.15) is 0 Å². The fraction of sp³-hybridized carbons (Fsp3) is 0.750. The molecule has 6 nitrogen and oxygen atoms in total. The van der Waals surface area contributed by atoms with Crippen molar-refractivity contribution in [1.82, 2.24) is 5.32 Å². The van der Waals surface area contributed by atoms with Gasteiger partial charge in [-0.2, -0.15) is 8.42 Å². The molecule has 2 fully saturated rings. The van der Waals surface area contributed by atoms with E-state index in [2.05, 4.69) is 0 Å². The number of hydrogen-bond donors (Lipinski definition) is 2. The molecule has 2 atom stereocenters. The Labute approximate surface area is 86.8 Å². The molecule has 1 saturated carbocycles. The second-order valence-corrected chi connectivity index (χ2v) is 5.66. The third kappa shape index (κ3) is 1.23. The van der Waals surface area contributed by atoms with E-state index in [-0.39, 0.29) is 6.42 Å². The van der Waals surface area contributed by atoms with Gasteiger partial charge in [-0.25, -0.2) is 0 Å². The van der Waals surface area contributed by atoms with Gasteiger partial charge < -0.3 is 0 Å². The van der Waals surface area contributed by atoms with Crippen molar-refractivity contribution in [3.05, 3.63) is 0 Å². The van der Waals surface area contributed by atoms with Crippen LogP contribution in [-0.4, -0.2) is 29.5 Å². The molecule has 0 aromatic heterocycles. The summed E-state index contributed by atoms with van der Waals surface area (Å²) in [6.07, 6.45) is 1.57. The van der Waals surface area contributed by atoms with Gasteiger partial charge in [-0.05, 0) is 12.8 Å². The van der Waals surface area contributed by atoms with E-state index >= 15 is 0 Å². The first kappa shape index (κ1) is 10.6. The zero-order valence-electron chi connectivity index (χ0n) is 7.89. The van der Waals surface area contributed by atoms with Crippen LogP contribution in [0.5, 0.6) is 0 Å². The Morgan fingerprint density at radius 1 is 1.33 bits per heavy atom. The molecule has 1 aliphatic heterocycles. The van der Waals surface area contributed by atoms with Crippen molar-refractivity contribution < 1.29 is 22.6 Å². The molecule has 0 bridgehead atoms. The first-order chi connectivity index (χ1) is 6.89. The number of rotatable bonds is 1. The largest absolute Gasteiger partial charge is 0.295 e. The number of nitrogens with one attached hydrogen (secondary N) is 1. The summed E-state index contributed by atoms with van der Waals surface area (Å²) in [5, 5.41) is 1.99. The summed E-state index contributed by atoms with van der Waals surface area (Å²) in [5.41, 5.74) is 0. The Kier molecular flexibility index (Phi) is 2.13. The van der Waals surface area contributed by atoms with Crippen molar-refractivity contribution in [3.63, 3.8) is 0 Å². The van der Waals surface area contributed by atoms with E-state index in [4.69, 9.17) is 4.55 Å². The van der Waals surface area contributed by atoms with Gasteiger partial charge in [-0.1, -0.05) is 12.8 Å². The molecule has 2 N–H and O–H groups in total. The average Bonchev–Trinajstić information content (AvgIpc) is 2.40. The van der Waals surface area contributed by atoms with Crippen LogP contribution in [0.3, 0.4) is 0 Å². The summed E-state index contributed by atoms with van der Waals surface area (Å²) < 4.78 is 29.8. The highest BCUT2D eigenvalue weighted by molar-refractivity contribution is 7.88. The molecule has 1 aliphatic carbocycles. The summed E-state index contributed by atoms with van der Waals surface area (Å²) in [5.74, 6) is -2.38. The minimum absolute atomic E-state index is 0.0219. The lowest BCUT2D eigenvalue weighted by molar-refractivity contribution is -0.126. The average molecular weight is 233 g/mol. The Morgan fingerprint density at radius 2 is 2.00 bits per heavy atom. The molecular formula is C8H11NO5S. The van der Waals surface area contributed by atoms with Crippen molar-refractivity contribution >= 4 is 21.9 Å². The topological polar surface area (TPSA) is 101 Å². The summed E-state index contributed by atoms with van der Waals surface area (Å²) >= 11 is 0. The van der Waals surface area contributed by atoms with Crippen molar-refractivity contribution in [2.45, 2.75) is 30.4 Å². The van der Waals surface area contributed by atoms with Crippen LogP contribution >= 0.6 is 0 Å². The summed E-state index contributed by atoms with van der Waals surface area (Å²) in [6.45, 7) is 0. The van der Waals surface area contributed by atoms with Crippen LogP contribution < -0.4 is 5.32 Å². The minimum Gasteiger partial charge on any atom is -0.295 e. The Hall–Kier alpha value is -0.950. The van der Waals surface area contributed by atoms with Crippen LogP contribution in [0.1, 0.15) is 25.7 Å². The highest BCUT2D eigenvalue weighted by Crippen LogP contribution is 2.43. The van der Waals surface area contributed by atoms with E-state index in [0.29, 0.717) is 19.3 Å². The predicted octanol–water partition coefficient (Wildman–Crippen LogP) is -0.540. The third-order valence-corrected chi connectivity index (χ3v) is 4.85. The van der Waals surface area contributed by atoms with Gasteiger partial charge >= 0.3 is 0 Å². The quantitative estimate of drug-likeness (QED) is 0.468. The number of carbonyl (C=O) groups excluding carboxylic acids is 2. The van der Waals surface area contributed by atoms with Crippen LogP contribution in [0.2, 0.25) is 0 Å². The van der Waals surface area contributed by atoms with Crippen molar-refractivity contribution in [1.29, 1.82) is 0 Å². The van der Waals surface area contributed by atoms with Crippen LogP contribution in [0.15, 0.2) is 0 Å². The van der Waals surface area contributed by atoms with Crippen LogP contribution in [0.4, 0.5) is 0 Å². The maximum Gasteiger partial charge on any atom is 0.280 e. The Balaban J connectivity index is 2.58. The number of amides is 2. The summed E-state index contributed by atoms with van der Waals surface area (Å²) in [7, 11) is -4.54. The highest BCUT2D eigenvalue weighted by Gasteiger charge is 2.63. The van der Waals surface area contributed by atoms with Crippen LogP contribution in [0, 0.1) is 5.92 Å². The molecule has 15 heavy (non-hydrogen) atoms. The Morgan fingerprint density at radius 3 is 2.53 bits per heavy atom. The third-order valence-electron chi connectivity index (χ3n) is 3.25. The molecule has 2 amide bonds. The number of fused-ring (bicyclic) bond motifs is 1. The first-order valence-electron chi connectivity index (χ1n) is 4.72. The Bertz CT molecular complexity index is 428. The molecule has 1 heterocycles. The lowest BCUT2D eigenvalue weighted by Crippen LogP contribution is -2.51.